The summed E-state index contributed by atoms with van der Waals surface area (Å²) in [5.41, 5.74) is 0.0775. The van der Waals surface area contributed by atoms with Crippen LogP contribution in [-0.2, 0) is 4.79 Å². The molecule has 120 valence electrons. The van der Waals surface area contributed by atoms with Gasteiger partial charge >= 0.3 is 0 Å². The zero-order valence-electron chi connectivity index (χ0n) is 13.8. The van der Waals surface area contributed by atoms with E-state index in [1.165, 1.54) is 32.1 Å². The molecule has 3 unspecified atom stereocenters. The lowest BCUT2D eigenvalue weighted by Gasteiger charge is -2.39. The monoisotopic (exact) mass is 293 g/mol. The molecule has 21 heavy (non-hydrogen) atoms. The molecular formula is C17H31N3O. The van der Waals surface area contributed by atoms with Crippen LogP contribution in [0.25, 0.3) is 0 Å². The molecule has 3 aliphatic rings. The van der Waals surface area contributed by atoms with Gasteiger partial charge in [0.2, 0.25) is 5.91 Å². The third-order valence-electron chi connectivity index (χ3n) is 6.15. The minimum atomic E-state index is -0.0192. The highest BCUT2D eigenvalue weighted by atomic mass is 16.2. The lowest BCUT2D eigenvalue weighted by atomic mass is 9.77. The minimum absolute atomic E-state index is 0.0192. The smallest absolute Gasteiger partial charge is 0.237 e. The average molecular weight is 293 g/mol. The molecule has 0 aliphatic carbocycles. The highest BCUT2D eigenvalue weighted by Gasteiger charge is 2.40. The molecule has 4 nitrogen and oxygen atoms in total. The predicted octanol–water partition coefficient (Wildman–Crippen LogP) is 1.75. The van der Waals surface area contributed by atoms with Crippen LogP contribution in [0.2, 0.25) is 0 Å². The summed E-state index contributed by atoms with van der Waals surface area (Å²) in [6.45, 7) is 6.26. The van der Waals surface area contributed by atoms with Gasteiger partial charge in [0.15, 0.2) is 0 Å². The summed E-state index contributed by atoms with van der Waals surface area (Å²) in [6, 6.07) is 1.50. The zero-order valence-corrected chi connectivity index (χ0v) is 13.8. The summed E-state index contributed by atoms with van der Waals surface area (Å²) >= 11 is 0. The molecule has 2 N–H and O–H groups in total. The van der Waals surface area contributed by atoms with Crippen LogP contribution in [0.5, 0.6) is 0 Å². The first-order chi connectivity index (χ1) is 9.97. The van der Waals surface area contributed by atoms with Crippen molar-refractivity contribution >= 4 is 5.91 Å². The molecule has 2 bridgehead atoms. The molecule has 3 fully saturated rings. The van der Waals surface area contributed by atoms with Gasteiger partial charge in [0.25, 0.3) is 0 Å². The fourth-order valence-electron chi connectivity index (χ4n) is 4.70. The third kappa shape index (κ3) is 3.11. The van der Waals surface area contributed by atoms with Crippen molar-refractivity contribution in [3.63, 3.8) is 0 Å². The standard InChI is InChI=1S/C17H31N3O/c1-17(2)7-4-8-18-15(17)16(21)19-11-12-9-13-5-6-14(10-12)20(13)3/h12-15,18H,4-11H2,1-3H3,(H,19,21). The number of hydrogen-bond donors (Lipinski definition) is 2. The molecule has 4 heteroatoms. The Bertz CT molecular complexity index is 381. The van der Waals surface area contributed by atoms with Gasteiger partial charge in [0.05, 0.1) is 6.04 Å². The third-order valence-corrected chi connectivity index (χ3v) is 6.15. The van der Waals surface area contributed by atoms with Crippen molar-refractivity contribution < 1.29 is 4.79 Å². The minimum Gasteiger partial charge on any atom is -0.354 e. The van der Waals surface area contributed by atoms with Crippen LogP contribution in [0, 0.1) is 11.3 Å². The maximum atomic E-state index is 12.5. The van der Waals surface area contributed by atoms with E-state index in [-0.39, 0.29) is 17.4 Å². The SMILES string of the molecule is CN1C2CCC1CC(CNC(=O)C1NCCCC1(C)C)C2. The predicted molar refractivity (Wildman–Crippen MR) is 85.1 cm³/mol. The van der Waals surface area contributed by atoms with Gasteiger partial charge in [-0.05, 0) is 63.5 Å². The van der Waals surface area contributed by atoms with Gasteiger partial charge in [0, 0.05) is 18.6 Å². The van der Waals surface area contributed by atoms with Crippen molar-refractivity contribution in [2.45, 2.75) is 70.5 Å². The molecule has 0 saturated carbocycles. The molecule has 3 saturated heterocycles. The topological polar surface area (TPSA) is 44.4 Å². The number of carbonyl (C=O) groups excluding carboxylic acids is 1. The maximum absolute atomic E-state index is 12.5. The van der Waals surface area contributed by atoms with Crippen molar-refractivity contribution in [3.05, 3.63) is 0 Å². The maximum Gasteiger partial charge on any atom is 0.237 e. The van der Waals surface area contributed by atoms with Gasteiger partial charge in [-0.2, -0.15) is 0 Å². The first-order valence-corrected chi connectivity index (χ1v) is 8.70. The quantitative estimate of drug-likeness (QED) is 0.833. The van der Waals surface area contributed by atoms with Gasteiger partial charge in [-0.1, -0.05) is 13.8 Å². The lowest BCUT2D eigenvalue weighted by molar-refractivity contribution is -0.127. The highest BCUT2D eigenvalue weighted by molar-refractivity contribution is 5.82. The Hall–Kier alpha value is -0.610. The summed E-state index contributed by atoms with van der Waals surface area (Å²) < 4.78 is 0. The number of piperidine rings is 2. The van der Waals surface area contributed by atoms with E-state index in [0.717, 1.165) is 31.6 Å². The van der Waals surface area contributed by atoms with Crippen molar-refractivity contribution in [3.8, 4) is 0 Å². The molecule has 3 rings (SSSR count). The number of hydrogen-bond acceptors (Lipinski definition) is 3. The second-order valence-corrected chi connectivity index (χ2v) is 8.11. The number of nitrogens with zero attached hydrogens (tertiary/aromatic N) is 1. The first-order valence-electron chi connectivity index (χ1n) is 8.70. The Morgan fingerprint density at radius 1 is 1.29 bits per heavy atom. The zero-order chi connectivity index (χ0) is 15.0. The highest BCUT2D eigenvalue weighted by Crippen LogP contribution is 2.37. The van der Waals surface area contributed by atoms with Crippen LogP contribution >= 0.6 is 0 Å². The summed E-state index contributed by atoms with van der Waals surface area (Å²) in [7, 11) is 2.27. The molecule has 1 amide bonds. The molecule has 3 heterocycles. The van der Waals surface area contributed by atoms with Gasteiger partial charge in [-0.25, -0.2) is 0 Å². The van der Waals surface area contributed by atoms with Crippen LogP contribution in [0.1, 0.15) is 52.4 Å². The first kappa shape index (κ1) is 15.3. The second-order valence-electron chi connectivity index (χ2n) is 8.11. The molecule has 0 aromatic heterocycles. The van der Waals surface area contributed by atoms with Crippen molar-refractivity contribution in [2.75, 3.05) is 20.1 Å². The Kier molecular flexibility index (Phi) is 4.28. The fraction of sp³-hybridized carbons (Fsp3) is 0.941. The number of carbonyl (C=O) groups is 1. The number of rotatable bonds is 3. The van der Waals surface area contributed by atoms with E-state index < -0.39 is 0 Å². The van der Waals surface area contributed by atoms with E-state index in [1.54, 1.807) is 0 Å². The van der Waals surface area contributed by atoms with Gasteiger partial charge in [0.1, 0.15) is 0 Å². The summed E-state index contributed by atoms with van der Waals surface area (Å²) in [5.74, 6) is 0.889. The average Bonchev–Trinajstić information content (AvgIpc) is 2.66. The number of fused-ring (bicyclic) bond motifs is 2. The summed E-state index contributed by atoms with van der Waals surface area (Å²) in [4.78, 5) is 15.1. The molecule has 3 atom stereocenters. The van der Waals surface area contributed by atoms with E-state index in [2.05, 4.69) is 36.4 Å². The molecule has 0 radical (unpaired) electrons. The van der Waals surface area contributed by atoms with Crippen LogP contribution in [0.3, 0.4) is 0 Å². The molecule has 0 spiro atoms. The molecule has 3 aliphatic heterocycles. The van der Waals surface area contributed by atoms with Crippen LogP contribution in [0.15, 0.2) is 0 Å². The number of nitrogens with one attached hydrogen (secondary N) is 2. The van der Waals surface area contributed by atoms with E-state index in [4.69, 9.17) is 0 Å². The van der Waals surface area contributed by atoms with Crippen LogP contribution in [-0.4, -0.2) is 49.1 Å². The van der Waals surface area contributed by atoms with Crippen molar-refractivity contribution in [1.29, 1.82) is 0 Å². The van der Waals surface area contributed by atoms with Gasteiger partial charge in [-0.3, -0.25) is 4.79 Å². The second kappa shape index (κ2) is 5.88. The fourth-order valence-corrected chi connectivity index (χ4v) is 4.70. The lowest BCUT2D eigenvalue weighted by Crippen LogP contribution is -2.56. The molecule has 0 aromatic carbocycles. The Balaban J connectivity index is 1.50. The Labute approximate surface area is 129 Å². The summed E-state index contributed by atoms with van der Waals surface area (Å²) in [5, 5.41) is 6.66. The number of amides is 1. The molecule has 0 aromatic rings. The van der Waals surface area contributed by atoms with Crippen molar-refractivity contribution in [2.24, 2.45) is 11.3 Å². The van der Waals surface area contributed by atoms with Crippen molar-refractivity contribution in [1.82, 2.24) is 15.5 Å². The van der Waals surface area contributed by atoms with E-state index in [1.807, 2.05) is 0 Å². The largest absolute Gasteiger partial charge is 0.354 e. The van der Waals surface area contributed by atoms with E-state index in [9.17, 15) is 4.79 Å². The van der Waals surface area contributed by atoms with Gasteiger partial charge in [-0.15, -0.1) is 0 Å². The van der Waals surface area contributed by atoms with Crippen LogP contribution < -0.4 is 10.6 Å². The Morgan fingerprint density at radius 3 is 2.57 bits per heavy atom. The van der Waals surface area contributed by atoms with E-state index in [0.29, 0.717) is 5.92 Å². The summed E-state index contributed by atoms with van der Waals surface area (Å²) in [6.07, 6.45) is 7.53. The molecular weight excluding hydrogens is 262 g/mol. The normalized spacial score (nSPS) is 39.2. The van der Waals surface area contributed by atoms with E-state index >= 15 is 0 Å². The van der Waals surface area contributed by atoms with Crippen LogP contribution in [0.4, 0.5) is 0 Å². The Morgan fingerprint density at radius 2 is 1.95 bits per heavy atom. The van der Waals surface area contributed by atoms with Gasteiger partial charge < -0.3 is 15.5 Å².